The molecule has 0 atom stereocenters. The van der Waals surface area contributed by atoms with E-state index in [4.69, 9.17) is 0 Å². The van der Waals surface area contributed by atoms with Gasteiger partial charge in [0.05, 0.1) is 6.54 Å². The molecule has 0 bridgehead atoms. The lowest BCUT2D eigenvalue weighted by Crippen LogP contribution is -2.34. The third-order valence-electron chi connectivity index (χ3n) is 5.76. The van der Waals surface area contributed by atoms with E-state index in [1.165, 1.54) is 35.6 Å². The molecule has 0 saturated carbocycles. The SMILES string of the molecule is Cc1cccc(C)c1NC(=O)N(Cc1ccc(F)cc1)Cc1nc(C(=O)NCc2ccc(F)cc2)cs1. The predicted molar refractivity (Wildman–Crippen MR) is 140 cm³/mol. The Kier molecular flexibility index (Phi) is 8.25. The number of benzene rings is 3. The Morgan fingerprint density at radius 3 is 2.08 bits per heavy atom. The topological polar surface area (TPSA) is 74.3 Å². The molecule has 0 fully saturated rings. The first kappa shape index (κ1) is 26.0. The second-order valence-corrected chi connectivity index (χ2v) is 9.56. The zero-order valence-corrected chi connectivity index (χ0v) is 21.2. The molecule has 1 heterocycles. The Morgan fingerprint density at radius 1 is 0.865 bits per heavy atom. The standard InChI is InChI=1S/C28H26F2N4O2S/c1-18-4-3-5-19(2)26(18)33-28(36)34(15-21-8-12-23(30)13-9-21)16-25-32-24(17-37-25)27(35)31-14-20-6-10-22(29)11-7-20/h3-13,17H,14-16H2,1-2H3,(H,31,35)(H,33,36). The van der Waals surface area contributed by atoms with Crippen molar-refractivity contribution in [1.29, 1.82) is 0 Å². The summed E-state index contributed by atoms with van der Waals surface area (Å²) in [4.78, 5) is 31.9. The van der Waals surface area contributed by atoms with E-state index < -0.39 is 0 Å². The Bertz CT molecular complexity index is 1370. The van der Waals surface area contributed by atoms with E-state index in [0.29, 0.717) is 5.01 Å². The molecular formula is C28H26F2N4O2S. The Labute approximate surface area is 218 Å². The lowest BCUT2D eigenvalue weighted by Gasteiger charge is -2.23. The average Bonchev–Trinajstić information content (AvgIpc) is 3.35. The highest BCUT2D eigenvalue weighted by Crippen LogP contribution is 2.22. The van der Waals surface area contributed by atoms with Gasteiger partial charge in [-0.1, -0.05) is 42.5 Å². The number of rotatable bonds is 8. The van der Waals surface area contributed by atoms with Crippen LogP contribution < -0.4 is 10.6 Å². The zero-order chi connectivity index (χ0) is 26.4. The highest BCUT2D eigenvalue weighted by Gasteiger charge is 2.19. The van der Waals surface area contributed by atoms with Gasteiger partial charge in [-0.25, -0.2) is 18.6 Å². The molecule has 190 valence electrons. The number of anilines is 1. The fourth-order valence-corrected chi connectivity index (χ4v) is 4.52. The first-order valence-electron chi connectivity index (χ1n) is 11.6. The molecule has 0 aliphatic carbocycles. The van der Waals surface area contributed by atoms with Gasteiger partial charge in [0.15, 0.2) is 0 Å². The van der Waals surface area contributed by atoms with E-state index in [1.807, 2.05) is 32.0 Å². The van der Waals surface area contributed by atoms with Crippen LogP contribution in [0.1, 0.15) is 37.7 Å². The van der Waals surface area contributed by atoms with Gasteiger partial charge in [-0.2, -0.15) is 0 Å². The minimum Gasteiger partial charge on any atom is -0.347 e. The zero-order valence-electron chi connectivity index (χ0n) is 20.4. The molecule has 3 amide bonds. The van der Waals surface area contributed by atoms with Crippen LogP contribution in [0.3, 0.4) is 0 Å². The number of para-hydroxylation sites is 1. The quantitative estimate of drug-likeness (QED) is 0.290. The molecule has 4 aromatic rings. The van der Waals surface area contributed by atoms with Crippen LogP contribution in [-0.2, 0) is 19.6 Å². The third kappa shape index (κ3) is 6.98. The summed E-state index contributed by atoms with van der Waals surface area (Å²) in [6, 6.07) is 17.3. The highest BCUT2D eigenvalue weighted by atomic mass is 32.1. The van der Waals surface area contributed by atoms with Crippen LogP contribution in [0, 0.1) is 25.5 Å². The Balaban J connectivity index is 1.47. The van der Waals surface area contributed by atoms with E-state index in [0.717, 1.165) is 27.9 Å². The maximum Gasteiger partial charge on any atom is 0.322 e. The Hall–Kier alpha value is -4.11. The first-order chi connectivity index (χ1) is 17.8. The van der Waals surface area contributed by atoms with Gasteiger partial charge in [-0.15, -0.1) is 11.3 Å². The maximum absolute atomic E-state index is 13.4. The largest absolute Gasteiger partial charge is 0.347 e. The molecule has 0 aliphatic heterocycles. The van der Waals surface area contributed by atoms with E-state index in [2.05, 4.69) is 15.6 Å². The summed E-state index contributed by atoms with van der Waals surface area (Å²) in [5, 5.41) is 7.96. The summed E-state index contributed by atoms with van der Waals surface area (Å²) in [6.45, 7) is 4.46. The van der Waals surface area contributed by atoms with Gasteiger partial charge >= 0.3 is 6.03 Å². The second kappa shape index (κ2) is 11.7. The van der Waals surface area contributed by atoms with Crippen LogP contribution in [0.25, 0.3) is 0 Å². The van der Waals surface area contributed by atoms with Crippen LogP contribution in [0.4, 0.5) is 19.3 Å². The molecule has 0 radical (unpaired) electrons. The van der Waals surface area contributed by atoms with Gasteiger partial charge in [-0.05, 0) is 60.4 Å². The van der Waals surface area contributed by atoms with Crippen molar-refractivity contribution in [2.75, 3.05) is 5.32 Å². The molecule has 0 aliphatic rings. The van der Waals surface area contributed by atoms with Crippen LogP contribution in [0.5, 0.6) is 0 Å². The predicted octanol–water partition coefficient (Wildman–Crippen LogP) is 6.20. The van der Waals surface area contributed by atoms with Crippen molar-refractivity contribution in [2.24, 2.45) is 0 Å². The third-order valence-corrected chi connectivity index (χ3v) is 6.60. The van der Waals surface area contributed by atoms with E-state index >= 15 is 0 Å². The summed E-state index contributed by atoms with van der Waals surface area (Å²) in [5.41, 5.74) is 4.36. The minimum atomic E-state index is -0.364. The molecule has 0 saturated heterocycles. The van der Waals surface area contributed by atoms with Crippen molar-refractivity contribution in [3.05, 3.63) is 117 Å². The number of nitrogens with one attached hydrogen (secondary N) is 2. The van der Waals surface area contributed by atoms with Crippen molar-refractivity contribution in [2.45, 2.75) is 33.5 Å². The normalized spacial score (nSPS) is 10.7. The number of carbonyl (C=O) groups excluding carboxylic acids is 2. The fourth-order valence-electron chi connectivity index (χ4n) is 3.73. The molecule has 4 rings (SSSR count). The number of aryl methyl sites for hydroxylation is 2. The smallest absolute Gasteiger partial charge is 0.322 e. The number of urea groups is 1. The molecule has 0 spiro atoms. The average molecular weight is 521 g/mol. The van der Waals surface area contributed by atoms with Crippen LogP contribution in [-0.4, -0.2) is 21.8 Å². The summed E-state index contributed by atoms with van der Waals surface area (Å²) < 4.78 is 26.5. The number of amides is 3. The van der Waals surface area contributed by atoms with Crippen molar-refractivity contribution in [3.63, 3.8) is 0 Å². The highest BCUT2D eigenvalue weighted by molar-refractivity contribution is 7.09. The summed E-state index contributed by atoms with van der Waals surface area (Å²) >= 11 is 1.27. The van der Waals surface area contributed by atoms with Gasteiger partial charge in [-0.3, -0.25) is 4.79 Å². The van der Waals surface area contributed by atoms with E-state index in [-0.39, 0.29) is 48.9 Å². The number of aromatic nitrogens is 1. The van der Waals surface area contributed by atoms with Crippen LogP contribution in [0.15, 0.2) is 72.1 Å². The van der Waals surface area contributed by atoms with Gasteiger partial charge < -0.3 is 15.5 Å². The monoisotopic (exact) mass is 520 g/mol. The molecule has 3 aromatic carbocycles. The van der Waals surface area contributed by atoms with Crippen LogP contribution >= 0.6 is 11.3 Å². The van der Waals surface area contributed by atoms with Gasteiger partial charge in [0.1, 0.15) is 22.3 Å². The number of halogens is 2. The molecule has 1 aromatic heterocycles. The number of carbonyl (C=O) groups is 2. The van der Waals surface area contributed by atoms with Crippen molar-refractivity contribution >= 4 is 29.0 Å². The van der Waals surface area contributed by atoms with Crippen LogP contribution in [0.2, 0.25) is 0 Å². The fraction of sp³-hybridized carbons (Fsp3) is 0.179. The van der Waals surface area contributed by atoms with Gasteiger partial charge in [0.2, 0.25) is 0 Å². The molecule has 37 heavy (non-hydrogen) atoms. The molecule has 0 unspecified atom stereocenters. The lowest BCUT2D eigenvalue weighted by molar-refractivity contribution is 0.0946. The summed E-state index contributed by atoms with van der Waals surface area (Å²) in [7, 11) is 0. The lowest BCUT2D eigenvalue weighted by atomic mass is 10.1. The number of hydrogen-bond acceptors (Lipinski definition) is 4. The molecule has 6 nitrogen and oxygen atoms in total. The van der Waals surface area contributed by atoms with Crippen molar-refractivity contribution in [3.8, 4) is 0 Å². The summed E-state index contributed by atoms with van der Waals surface area (Å²) in [6.07, 6.45) is 0. The first-order valence-corrected chi connectivity index (χ1v) is 12.5. The summed E-state index contributed by atoms with van der Waals surface area (Å²) in [5.74, 6) is -1.06. The number of thiazole rings is 1. The molecule has 2 N–H and O–H groups in total. The number of nitrogens with zero attached hydrogens (tertiary/aromatic N) is 2. The molecular weight excluding hydrogens is 494 g/mol. The second-order valence-electron chi connectivity index (χ2n) is 8.62. The van der Waals surface area contributed by atoms with E-state index in [1.54, 1.807) is 34.5 Å². The van der Waals surface area contributed by atoms with Crippen molar-refractivity contribution < 1.29 is 18.4 Å². The number of hydrogen-bond donors (Lipinski definition) is 2. The van der Waals surface area contributed by atoms with Gasteiger partial charge in [0.25, 0.3) is 5.91 Å². The van der Waals surface area contributed by atoms with E-state index in [9.17, 15) is 18.4 Å². The maximum atomic E-state index is 13.4. The van der Waals surface area contributed by atoms with Gasteiger partial charge in [0, 0.05) is 24.2 Å². The minimum absolute atomic E-state index is 0.157. The Morgan fingerprint density at radius 2 is 1.46 bits per heavy atom. The molecule has 9 heteroatoms. The van der Waals surface area contributed by atoms with Crippen molar-refractivity contribution in [1.82, 2.24) is 15.2 Å².